The molecule has 0 unspecified atom stereocenters. The second kappa shape index (κ2) is 8.54. The molecule has 2 heterocycles. The van der Waals surface area contributed by atoms with Gasteiger partial charge in [0.15, 0.2) is 6.61 Å². The molecule has 0 fully saturated rings. The molecule has 0 aliphatic heterocycles. The first-order valence-electron chi connectivity index (χ1n) is 8.47. The van der Waals surface area contributed by atoms with E-state index >= 15 is 0 Å². The van der Waals surface area contributed by atoms with Crippen molar-refractivity contribution in [2.45, 2.75) is 20.4 Å². The maximum absolute atomic E-state index is 12.4. The average Bonchev–Trinajstić information content (AvgIpc) is 3.27. The Morgan fingerprint density at radius 3 is 2.68 bits per heavy atom. The van der Waals surface area contributed by atoms with Crippen molar-refractivity contribution in [3.63, 3.8) is 0 Å². The Labute approximate surface area is 172 Å². The molecule has 8 heteroatoms. The highest BCUT2D eigenvalue weighted by Gasteiger charge is 2.19. The number of carbonyl (C=O) groups is 2. The molecule has 1 aromatic carbocycles. The highest BCUT2D eigenvalue weighted by Crippen LogP contribution is 2.29. The largest absolute Gasteiger partial charge is 0.467 e. The van der Waals surface area contributed by atoms with Gasteiger partial charge < -0.3 is 19.0 Å². The average molecular weight is 421 g/mol. The summed E-state index contributed by atoms with van der Waals surface area (Å²) in [6.07, 6.45) is 1.60. The first kappa shape index (κ1) is 20.0. The van der Waals surface area contributed by atoms with Crippen LogP contribution in [0.15, 0.2) is 47.1 Å². The molecule has 0 radical (unpaired) electrons. The molecule has 3 aromatic rings. The number of esters is 1. The van der Waals surface area contributed by atoms with Crippen LogP contribution in [-0.2, 0) is 16.1 Å². The molecule has 0 aliphatic carbocycles. The Balaban J connectivity index is 1.63. The molecule has 0 saturated carbocycles. The van der Waals surface area contributed by atoms with Gasteiger partial charge in [0.05, 0.1) is 34.1 Å². The summed E-state index contributed by atoms with van der Waals surface area (Å²) in [5.41, 5.74) is 2.37. The fourth-order valence-electron chi connectivity index (χ4n) is 2.80. The van der Waals surface area contributed by atoms with E-state index in [4.69, 9.17) is 32.4 Å². The Morgan fingerprint density at radius 1 is 1.18 bits per heavy atom. The van der Waals surface area contributed by atoms with E-state index in [-0.39, 0.29) is 5.02 Å². The lowest BCUT2D eigenvalue weighted by molar-refractivity contribution is -0.119. The number of ether oxygens (including phenoxy) is 1. The Morgan fingerprint density at radius 2 is 1.96 bits per heavy atom. The quantitative estimate of drug-likeness (QED) is 0.578. The molecule has 2 aromatic heterocycles. The third-order valence-electron chi connectivity index (χ3n) is 4.25. The number of benzene rings is 1. The number of hydrogen-bond donors (Lipinski definition) is 1. The van der Waals surface area contributed by atoms with Crippen molar-refractivity contribution < 1.29 is 18.7 Å². The Kier molecular flexibility index (Phi) is 6.11. The van der Waals surface area contributed by atoms with E-state index in [1.807, 2.05) is 30.5 Å². The summed E-state index contributed by atoms with van der Waals surface area (Å²) in [6.45, 7) is 3.77. The van der Waals surface area contributed by atoms with Crippen LogP contribution in [0.2, 0.25) is 10.0 Å². The fourth-order valence-corrected chi connectivity index (χ4v) is 3.15. The van der Waals surface area contributed by atoms with Crippen molar-refractivity contribution in [2.24, 2.45) is 0 Å². The van der Waals surface area contributed by atoms with Gasteiger partial charge in [-0.25, -0.2) is 4.79 Å². The minimum Gasteiger partial charge on any atom is -0.467 e. The van der Waals surface area contributed by atoms with Crippen molar-refractivity contribution in [3.05, 3.63) is 75.4 Å². The summed E-state index contributed by atoms with van der Waals surface area (Å²) < 4.78 is 12.5. The summed E-state index contributed by atoms with van der Waals surface area (Å²) in [4.78, 5) is 24.5. The van der Waals surface area contributed by atoms with Gasteiger partial charge >= 0.3 is 5.97 Å². The molecule has 6 nitrogen and oxygen atoms in total. The van der Waals surface area contributed by atoms with Crippen LogP contribution < -0.4 is 5.32 Å². The summed E-state index contributed by atoms with van der Waals surface area (Å²) in [6, 6.07) is 10.3. The third-order valence-corrected chi connectivity index (χ3v) is 5.07. The second-order valence-corrected chi connectivity index (χ2v) is 6.96. The molecule has 0 bridgehead atoms. The van der Waals surface area contributed by atoms with Gasteiger partial charge in [0.1, 0.15) is 5.76 Å². The van der Waals surface area contributed by atoms with Crippen LogP contribution in [0.3, 0.4) is 0 Å². The smallest absolute Gasteiger partial charge is 0.340 e. The molecule has 0 spiro atoms. The van der Waals surface area contributed by atoms with Crippen molar-refractivity contribution >= 4 is 40.8 Å². The molecule has 0 saturated heterocycles. The predicted molar refractivity (Wildman–Crippen MR) is 107 cm³/mol. The van der Waals surface area contributed by atoms with E-state index < -0.39 is 18.5 Å². The number of aryl methyl sites for hydroxylation is 1. The molecular formula is C20H18Cl2N2O4. The minimum absolute atomic E-state index is 0.227. The summed E-state index contributed by atoms with van der Waals surface area (Å²) in [5, 5.41) is 3.12. The number of aromatic nitrogens is 1. The number of carbonyl (C=O) groups excluding carboxylic acids is 2. The van der Waals surface area contributed by atoms with Crippen molar-refractivity contribution in [1.29, 1.82) is 0 Å². The standard InChI is InChI=1S/C20H18Cl2N2O4/c1-12-9-15(13(2)24(12)10-14-5-4-8-27-14)20(26)28-11-18(25)23-17-7-3-6-16(21)19(17)22/h3-9H,10-11H2,1-2H3,(H,23,25). The predicted octanol–water partition coefficient (Wildman–Crippen LogP) is 4.85. The van der Waals surface area contributed by atoms with Crippen LogP contribution in [-0.4, -0.2) is 23.1 Å². The van der Waals surface area contributed by atoms with Crippen LogP contribution in [0, 0.1) is 13.8 Å². The van der Waals surface area contributed by atoms with E-state index in [0.29, 0.717) is 22.8 Å². The van der Waals surface area contributed by atoms with Crippen LogP contribution in [0.4, 0.5) is 5.69 Å². The zero-order valence-electron chi connectivity index (χ0n) is 15.3. The molecule has 0 atom stereocenters. The number of amides is 1. The summed E-state index contributed by atoms with van der Waals surface area (Å²) >= 11 is 11.9. The van der Waals surface area contributed by atoms with Gasteiger partial charge in [0, 0.05) is 11.4 Å². The molecule has 1 N–H and O–H groups in total. The summed E-state index contributed by atoms with van der Waals surface area (Å²) in [5.74, 6) is -0.312. The molecule has 3 rings (SSSR count). The molecule has 28 heavy (non-hydrogen) atoms. The van der Waals surface area contributed by atoms with Gasteiger partial charge in [-0.2, -0.15) is 0 Å². The Hall–Kier alpha value is -2.70. The maximum atomic E-state index is 12.4. The van der Waals surface area contributed by atoms with Crippen molar-refractivity contribution in [1.82, 2.24) is 4.57 Å². The van der Waals surface area contributed by atoms with Crippen LogP contribution >= 0.6 is 23.2 Å². The lowest BCUT2D eigenvalue weighted by Gasteiger charge is -2.09. The highest BCUT2D eigenvalue weighted by atomic mass is 35.5. The van der Waals surface area contributed by atoms with Gasteiger partial charge in [0.25, 0.3) is 5.91 Å². The van der Waals surface area contributed by atoms with E-state index in [1.165, 1.54) is 0 Å². The number of hydrogen-bond acceptors (Lipinski definition) is 4. The number of nitrogens with zero attached hydrogens (tertiary/aromatic N) is 1. The Bertz CT molecular complexity index is 1010. The number of anilines is 1. The molecule has 0 aliphatic rings. The van der Waals surface area contributed by atoms with Crippen molar-refractivity contribution in [3.8, 4) is 0 Å². The first-order chi connectivity index (χ1) is 13.4. The topological polar surface area (TPSA) is 73.5 Å². The van der Waals surface area contributed by atoms with Crippen LogP contribution in [0.1, 0.15) is 27.5 Å². The zero-order valence-corrected chi connectivity index (χ0v) is 16.8. The van der Waals surface area contributed by atoms with Crippen LogP contribution in [0.5, 0.6) is 0 Å². The lowest BCUT2D eigenvalue weighted by Crippen LogP contribution is -2.21. The van der Waals surface area contributed by atoms with Gasteiger partial charge in [-0.3, -0.25) is 4.79 Å². The van der Waals surface area contributed by atoms with Gasteiger partial charge in [0.2, 0.25) is 0 Å². The first-order valence-corrected chi connectivity index (χ1v) is 9.22. The van der Waals surface area contributed by atoms with Gasteiger partial charge in [-0.05, 0) is 44.2 Å². The molecular weight excluding hydrogens is 403 g/mol. The number of halogens is 2. The zero-order chi connectivity index (χ0) is 20.3. The maximum Gasteiger partial charge on any atom is 0.340 e. The number of furan rings is 1. The second-order valence-electron chi connectivity index (χ2n) is 6.18. The third kappa shape index (κ3) is 4.40. The minimum atomic E-state index is -0.578. The van der Waals surface area contributed by atoms with Gasteiger partial charge in [-0.1, -0.05) is 29.3 Å². The van der Waals surface area contributed by atoms with E-state index in [1.54, 1.807) is 30.5 Å². The van der Waals surface area contributed by atoms with E-state index in [2.05, 4.69) is 5.32 Å². The monoisotopic (exact) mass is 420 g/mol. The molecule has 1 amide bonds. The molecule has 146 valence electrons. The van der Waals surface area contributed by atoms with E-state index in [9.17, 15) is 9.59 Å². The van der Waals surface area contributed by atoms with Gasteiger partial charge in [-0.15, -0.1) is 0 Å². The van der Waals surface area contributed by atoms with Crippen molar-refractivity contribution in [2.75, 3.05) is 11.9 Å². The SMILES string of the molecule is Cc1cc(C(=O)OCC(=O)Nc2cccc(Cl)c2Cl)c(C)n1Cc1ccco1. The normalized spacial score (nSPS) is 10.7. The highest BCUT2D eigenvalue weighted by molar-refractivity contribution is 6.44. The fraction of sp³-hybridized carbons (Fsp3) is 0.200. The van der Waals surface area contributed by atoms with Crippen LogP contribution in [0.25, 0.3) is 0 Å². The number of nitrogens with one attached hydrogen (secondary N) is 1. The van der Waals surface area contributed by atoms with E-state index in [0.717, 1.165) is 17.1 Å². The number of rotatable bonds is 6. The summed E-state index contributed by atoms with van der Waals surface area (Å²) in [7, 11) is 0. The lowest BCUT2D eigenvalue weighted by atomic mass is 10.2.